The van der Waals surface area contributed by atoms with Crippen molar-refractivity contribution in [3.63, 3.8) is 0 Å². The lowest BCUT2D eigenvalue weighted by atomic mass is 10.1. The molecule has 0 aliphatic heterocycles. The zero-order valence-electron chi connectivity index (χ0n) is 13.1. The van der Waals surface area contributed by atoms with E-state index in [-0.39, 0.29) is 11.9 Å². The summed E-state index contributed by atoms with van der Waals surface area (Å²) in [5, 5.41) is 3.78. The summed E-state index contributed by atoms with van der Waals surface area (Å²) >= 11 is 6.10. The summed E-state index contributed by atoms with van der Waals surface area (Å²) in [6, 6.07) is 15.2. The van der Waals surface area contributed by atoms with Crippen LogP contribution in [0.2, 0.25) is 5.02 Å². The van der Waals surface area contributed by atoms with Crippen LogP contribution in [0, 0.1) is 0 Å². The standard InChI is InChI=1S/C18H21ClN2O2/c1-13(18(20)22)21-11-10-14-6-8-16(9-7-14)23-12-15-4-2-3-5-17(15)19/h2-9,13,21H,10-12H2,1H3,(H2,20,22). The average Bonchev–Trinajstić information content (AvgIpc) is 2.55. The third-order valence-corrected chi connectivity index (χ3v) is 3.94. The third kappa shape index (κ3) is 5.58. The van der Waals surface area contributed by atoms with E-state index in [1.807, 2.05) is 48.5 Å². The first kappa shape index (κ1) is 17.3. The fourth-order valence-electron chi connectivity index (χ4n) is 2.06. The molecule has 0 spiro atoms. The molecule has 2 aromatic rings. The number of carbonyl (C=O) groups excluding carboxylic acids is 1. The molecule has 4 nitrogen and oxygen atoms in total. The van der Waals surface area contributed by atoms with Gasteiger partial charge in [0, 0.05) is 10.6 Å². The maximum atomic E-state index is 10.9. The van der Waals surface area contributed by atoms with Crippen LogP contribution in [0.25, 0.3) is 0 Å². The topological polar surface area (TPSA) is 64.3 Å². The first-order chi connectivity index (χ1) is 11.1. The van der Waals surface area contributed by atoms with Gasteiger partial charge >= 0.3 is 0 Å². The molecule has 5 heteroatoms. The number of amides is 1. The van der Waals surface area contributed by atoms with Crippen molar-refractivity contribution in [2.24, 2.45) is 5.73 Å². The predicted octanol–water partition coefficient (Wildman–Crippen LogP) is 2.92. The molecule has 122 valence electrons. The minimum atomic E-state index is -0.340. The molecule has 23 heavy (non-hydrogen) atoms. The van der Waals surface area contributed by atoms with Crippen LogP contribution in [0.15, 0.2) is 48.5 Å². The van der Waals surface area contributed by atoms with Gasteiger partial charge in [-0.05, 0) is 43.7 Å². The largest absolute Gasteiger partial charge is 0.489 e. The predicted molar refractivity (Wildman–Crippen MR) is 92.6 cm³/mol. The fraction of sp³-hybridized carbons (Fsp3) is 0.278. The molecule has 2 rings (SSSR count). The molecule has 1 unspecified atom stereocenters. The number of hydrogen-bond acceptors (Lipinski definition) is 3. The van der Waals surface area contributed by atoms with Crippen LogP contribution >= 0.6 is 11.6 Å². The number of halogens is 1. The molecule has 1 amide bonds. The number of rotatable bonds is 8. The Labute approximate surface area is 141 Å². The van der Waals surface area contributed by atoms with Crippen molar-refractivity contribution in [2.45, 2.75) is 26.0 Å². The number of carbonyl (C=O) groups is 1. The maximum absolute atomic E-state index is 10.9. The van der Waals surface area contributed by atoms with Crippen LogP contribution in [0.5, 0.6) is 5.75 Å². The number of nitrogens with two attached hydrogens (primary N) is 1. The third-order valence-electron chi connectivity index (χ3n) is 3.57. The van der Waals surface area contributed by atoms with Gasteiger partial charge in [0.15, 0.2) is 0 Å². The first-order valence-electron chi connectivity index (χ1n) is 7.54. The lowest BCUT2D eigenvalue weighted by Gasteiger charge is -2.11. The first-order valence-corrected chi connectivity index (χ1v) is 7.92. The molecule has 0 bridgehead atoms. The van der Waals surface area contributed by atoms with Gasteiger partial charge in [0.05, 0.1) is 6.04 Å². The molecule has 0 aliphatic carbocycles. The normalized spacial score (nSPS) is 11.9. The zero-order valence-corrected chi connectivity index (χ0v) is 13.8. The van der Waals surface area contributed by atoms with Crippen molar-refractivity contribution in [3.05, 3.63) is 64.7 Å². The Bertz CT molecular complexity index is 644. The smallest absolute Gasteiger partial charge is 0.234 e. The van der Waals surface area contributed by atoms with E-state index in [2.05, 4.69) is 5.32 Å². The Morgan fingerprint density at radius 2 is 1.91 bits per heavy atom. The molecule has 2 aromatic carbocycles. The van der Waals surface area contributed by atoms with Crippen LogP contribution in [-0.2, 0) is 17.8 Å². The highest BCUT2D eigenvalue weighted by molar-refractivity contribution is 6.31. The van der Waals surface area contributed by atoms with Crippen molar-refractivity contribution in [3.8, 4) is 5.75 Å². The van der Waals surface area contributed by atoms with Crippen molar-refractivity contribution < 1.29 is 9.53 Å². The highest BCUT2D eigenvalue weighted by Gasteiger charge is 2.06. The molecule has 0 heterocycles. The van der Waals surface area contributed by atoms with Gasteiger partial charge in [0.2, 0.25) is 5.91 Å². The summed E-state index contributed by atoms with van der Waals surface area (Å²) in [7, 11) is 0. The summed E-state index contributed by atoms with van der Waals surface area (Å²) in [5.41, 5.74) is 7.33. The lowest BCUT2D eigenvalue weighted by molar-refractivity contribution is -0.119. The number of benzene rings is 2. The Morgan fingerprint density at radius 1 is 1.22 bits per heavy atom. The summed E-state index contributed by atoms with van der Waals surface area (Å²) in [4.78, 5) is 10.9. The SMILES string of the molecule is CC(NCCc1ccc(OCc2ccccc2Cl)cc1)C(N)=O. The second-order valence-corrected chi connectivity index (χ2v) is 5.76. The summed E-state index contributed by atoms with van der Waals surface area (Å²) < 4.78 is 5.74. The Morgan fingerprint density at radius 3 is 2.57 bits per heavy atom. The number of hydrogen-bond donors (Lipinski definition) is 2. The molecule has 0 aromatic heterocycles. The van der Waals surface area contributed by atoms with E-state index >= 15 is 0 Å². The van der Waals surface area contributed by atoms with Crippen LogP contribution in [0.3, 0.4) is 0 Å². The average molecular weight is 333 g/mol. The van der Waals surface area contributed by atoms with E-state index in [0.29, 0.717) is 18.2 Å². The van der Waals surface area contributed by atoms with Crippen molar-refractivity contribution in [2.75, 3.05) is 6.54 Å². The van der Waals surface area contributed by atoms with Gasteiger partial charge in [0.1, 0.15) is 12.4 Å². The number of primary amides is 1. The van der Waals surface area contributed by atoms with Crippen molar-refractivity contribution >= 4 is 17.5 Å². The van der Waals surface area contributed by atoms with Gasteiger partial charge in [-0.2, -0.15) is 0 Å². The van der Waals surface area contributed by atoms with Crippen LogP contribution in [-0.4, -0.2) is 18.5 Å². The zero-order chi connectivity index (χ0) is 16.7. The minimum Gasteiger partial charge on any atom is -0.489 e. The van der Waals surface area contributed by atoms with Crippen LogP contribution in [0.4, 0.5) is 0 Å². The highest BCUT2D eigenvalue weighted by Crippen LogP contribution is 2.19. The molecule has 0 radical (unpaired) electrons. The van der Waals surface area contributed by atoms with Crippen LogP contribution < -0.4 is 15.8 Å². The quantitative estimate of drug-likeness (QED) is 0.781. The lowest BCUT2D eigenvalue weighted by Crippen LogP contribution is -2.39. The van der Waals surface area contributed by atoms with Crippen molar-refractivity contribution in [1.82, 2.24) is 5.32 Å². The van der Waals surface area contributed by atoms with Gasteiger partial charge in [-0.15, -0.1) is 0 Å². The Hall–Kier alpha value is -2.04. The number of ether oxygens (including phenoxy) is 1. The Kier molecular flexibility index (Phi) is 6.44. The molecule has 1 atom stereocenters. The van der Waals surface area contributed by atoms with E-state index in [9.17, 15) is 4.79 Å². The monoisotopic (exact) mass is 332 g/mol. The van der Waals surface area contributed by atoms with E-state index in [4.69, 9.17) is 22.1 Å². The van der Waals surface area contributed by atoms with Gasteiger partial charge in [-0.3, -0.25) is 4.79 Å². The minimum absolute atomic E-state index is 0.312. The highest BCUT2D eigenvalue weighted by atomic mass is 35.5. The van der Waals surface area contributed by atoms with Gasteiger partial charge in [-0.25, -0.2) is 0 Å². The molecule has 0 saturated carbocycles. The number of nitrogens with one attached hydrogen (secondary N) is 1. The summed E-state index contributed by atoms with van der Waals surface area (Å²) in [6.07, 6.45) is 0.822. The van der Waals surface area contributed by atoms with E-state index in [0.717, 1.165) is 17.7 Å². The molecular formula is C18H21ClN2O2. The second kappa shape index (κ2) is 8.56. The second-order valence-electron chi connectivity index (χ2n) is 5.35. The maximum Gasteiger partial charge on any atom is 0.234 e. The molecule has 0 aliphatic rings. The van der Waals surface area contributed by atoms with Crippen molar-refractivity contribution in [1.29, 1.82) is 0 Å². The molecule has 0 saturated heterocycles. The van der Waals surface area contributed by atoms with Crippen LogP contribution in [0.1, 0.15) is 18.1 Å². The molecule has 0 fully saturated rings. The Balaban J connectivity index is 1.80. The fourth-order valence-corrected chi connectivity index (χ4v) is 2.25. The van der Waals surface area contributed by atoms with Gasteiger partial charge in [0.25, 0.3) is 0 Å². The van der Waals surface area contributed by atoms with E-state index in [1.165, 1.54) is 5.56 Å². The van der Waals surface area contributed by atoms with Gasteiger partial charge in [-0.1, -0.05) is 41.9 Å². The molecule has 3 N–H and O–H groups in total. The van der Waals surface area contributed by atoms with E-state index in [1.54, 1.807) is 6.92 Å². The summed E-state index contributed by atoms with van der Waals surface area (Å²) in [6.45, 7) is 2.90. The van der Waals surface area contributed by atoms with Gasteiger partial charge < -0.3 is 15.8 Å². The molecular weight excluding hydrogens is 312 g/mol. The summed E-state index contributed by atoms with van der Waals surface area (Å²) in [5.74, 6) is 0.459. The van der Waals surface area contributed by atoms with E-state index < -0.39 is 0 Å².